The van der Waals surface area contributed by atoms with Crippen molar-refractivity contribution in [2.75, 3.05) is 26.7 Å². The van der Waals surface area contributed by atoms with Crippen LogP contribution in [0.25, 0.3) is 0 Å². The Morgan fingerprint density at radius 2 is 1.63 bits per heavy atom. The summed E-state index contributed by atoms with van der Waals surface area (Å²) in [6.45, 7) is 2.07. The molecule has 0 aromatic heterocycles. The van der Waals surface area contributed by atoms with Gasteiger partial charge in [0.15, 0.2) is 0 Å². The van der Waals surface area contributed by atoms with Gasteiger partial charge in [-0.05, 0) is 58.6 Å². The Morgan fingerprint density at radius 1 is 0.971 bits per heavy atom. The SMILES string of the molecule is CN(Cc1ccccc1)C(=O)C[C@@]1(COc2ccccc2)CCCN(C(=O)c2ccccc2Br)C1. The number of halogens is 1. The minimum Gasteiger partial charge on any atom is -0.493 e. The van der Waals surface area contributed by atoms with Crippen molar-refractivity contribution >= 4 is 27.7 Å². The number of amides is 2. The summed E-state index contributed by atoms with van der Waals surface area (Å²) in [5.41, 5.74) is 1.26. The quantitative estimate of drug-likeness (QED) is 0.367. The van der Waals surface area contributed by atoms with Crippen LogP contribution < -0.4 is 4.74 Å². The van der Waals surface area contributed by atoms with Crippen molar-refractivity contribution in [1.82, 2.24) is 9.80 Å². The van der Waals surface area contributed by atoms with E-state index in [-0.39, 0.29) is 11.8 Å². The maximum atomic E-state index is 13.4. The Bertz CT molecular complexity index is 1140. The van der Waals surface area contributed by atoms with Gasteiger partial charge >= 0.3 is 0 Å². The number of benzene rings is 3. The van der Waals surface area contributed by atoms with Gasteiger partial charge in [-0.15, -0.1) is 0 Å². The van der Waals surface area contributed by atoms with Crippen molar-refractivity contribution in [3.05, 3.63) is 101 Å². The molecule has 182 valence electrons. The van der Waals surface area contributed by atoms with Crippen LogP contribution in [0.2, 0.25) is 0 Å². The molecular formula is C29H31BrN2O3. The van der Waals surface area contributed by atoms with E-state index in [2.05, 4.69) is 15.9 Å². The van der Waals surface area contributed by atoms with Crippen LogP contribution in [-0.2, 0) is 11.3 Å². The molecule has 0 N–H and O–H groups in total. The summed E-state index contributed by atoms with van der Waals surface area (Å²) in [5.74, 6) is 0.804. The van der Waals surface area contributed by atoms with Gasteiger partial charge in [-0.25, -0.2) is 0 Å². The van der Waals surface area contributed by atoms with E-state index in [1.807, 2.05) is 96.9 Å². The first-order valence-corrected chi connectivity index (χ1v) is 12.7. The lowest BCUT2D eigenvalue weighted by atomic mass is 9.77. The second kappa shape index (κ2) is 11.5. The highest BCUT2D eigenvalue weighted by Crippen LogP contribution is 2.36. The van der Waals surface area contributed by atoms with Gasteiger partial charge in [0.2, 0.25) is 5.91 Å². The topological polar surface area (TPSA) is 49.9 Å². The lowest BCUT2D eigenvalue weighted by molar-refractivity contribution is -0.134. The van der Waals surface area contributed by atoms with E-state index in [4.69, 9.17) is 4.74 Å². The lowest BCUT2D eigenvalue weighted by Gasteiger charge is -2.43. The summed E-state index contributed by atoms with van der Waals surface area (Å²) in [5, 5.41) is 0. The minimum absolute atomic E-state index is 0.0219. The van der Waals surface area contributed by atoms with Crippen LogP contribution >= 0.6 is 15.9 Å². The summed E-state index contributed by atoms with van der Waals surface area (Å²) in [4.78, 5) is 30.4. The Labute approximate surface area is 215 Å². The van der Waals surface area contributed by atoms with Crippen LogP contribution in [0.5, 0.6) is 5.75 Å². The summed E-state index contributed by atoms with van der Waals surface area (Å²) in [6, 6.07) is 27.1. The van der Waals surface area contributed by atoms with Gasteiger partial charge < -0.3 is 14.5 Å². The summed E-state index contributed by atoms with van der Waals surface area (Å²) >= 11 is 3.51. The highest BCUT2D eigenvalue weighted by molar-refractivity contribution is 9.10. The standard InChI is InChI=1S/C29H31BrN2O3/c1-31(20-23-11-4-2-5-12-23)27(33)19-29(22-35-24-13-6-3-7-14-24)17-10-18-32(21-29)28(34)25-15-8-9-16-26(25)30/h2-9,11-16H,10,17-22H2,1H3/t29-/m0/s1. The molecule has 1 heterocycles. The molecular weight excluding hydrogens is 504 g/mol. The number of para-hydroxylation sites is 1. The zero-order valence-electron chi connectivity index (χ0n) is 20.0. The second-order valence-corrected chi connectivity index (χ2v) is 10.2. The molecule has 3 aromatic carbocycles. The van der Waals surface area contributed by atoms with Gasteiger partial charge in [0.25, 0.3) is 5.91 Å². The van der Waals surface area contributed by atoms with Crippen LogP contribution in [0.4, 0.5) is 0 Å². The zero-order valence-corrected chi connectivity index (χ0v) is 21.6. The predicted octanol–water partition coefficient (Wildman–Crippen LogP) is 5.80. The van der Waals surface area contributed by atoms with Gasteiger partial charge in [-0.3, -0.25) is 9.59 Å². The number of ether oxygens (including phenoxy) is 1. The molecule has 1 fully saturated rings. The minimum atomic E-state index is -0.465. The number of rotatable bonds is 8. The van der Waals surface area contributed by atoms with Crippen LogP contribution in [-0.4, -0.2) is 48.4 Å². The monoisotopic (exact) mass is 534 g/mol. The molecule has 0 saturated carbocycles. The van der Waals surface area contributed by atoms with Gasteiger partial charge in [0.1, 0.15) is 5.75 Å². The maximum absolute atomic E-state index is 13.4. The van der Waals surface area contributed by atoms with E-state index < -0.39 is 5.41 Å². The first-order valence-electron chi connectivity index (χ1n) is 12.0. The second-order valence-electron chi connectivity index (χ2n) is 9.32. The fraction of sp³-hybridized carbons (Fsp3) is 0.310. The fourth-order valence-electron chi connectivity index (χ4n) is 4.65. The van der Waals surface area contributed by atoms with E-state index in [9.17, 15) is 9.59 Å². The Morgan fingerprint density at radius 3 is 2.34 bits per heavy atom. The van der Waals surface area contributed by atoms with E-state index >= 15 is 0 Å². The van der Waals surface area contributed by atoms with Gasteiger partial charge in [-0.2, -0.15) is 0 Å². The Balaban J connectivity index is 1.53. The molecule has 1 aliphatic rings. The van der Waals surface area contributed by atoms with Crippen LogP contribution in [0.1, 0.15) is 35.2 Å². The number of carbonyl (C=O) groups excluding carboxylic acids is 2. The van der Waals surface area contributed by atoms with Gasteiger partial charge in [-0.1, -0.05) is 60.7 Å². The summed E-state index contributed by atoms with van der Waals surface area (Å²) < 4.78 is 6.97. The molecule has 2 amide bonds. The van der Waals surface area contributed by atoms with Crippen molar-refractivity contribution in [1.29, 1.82) is 0 Å². The average molecular weight is 535 g/mol. The van der Waals surface area contributed by atoms with E-state index in [0.29, 0.717) is 38.2 Å². The van der Waals surface area contributed by atoms with Gasteiger partial charge in [0.05, 0.1) is 12.2 Å². The number of carbonyl (C=O) groups is 2. The molecule has 0 aliphatic carbocycles. The molecule has 35 heavy (non-hydrogen) atoms. The molecule has 0 radical (unpaired) electrons. The average Bonchev–Trinajstić information content (AvgIpc) is 2.89. The number of hydrogen-bond acceptors (Lipinski definition) is 3. The molecule has 0 spiro atoms. The first-order chi connectivity index (χ1) is 17.0. The highest BCUT2D eigenvalue weighted by Gasteiger charge is 2.41. The molecule has 0 unspecified atom stereocenters. The largest absolute Gasteiger partial charge is 0.493 e. The smallest absolute Gasteiger partial charge is 0.255 e. The fourth-order valence-corrected chi connectivity index (χ4v) is 5.11. The number of piperidine rings is 1. The highest BCUT2D eigenvalue weighted by atomic mass is 79.9. The number of hydrogen-bond donors (Lipinski definition) is 0. The Kier molecular flexibility index (Phi) is 8.24. The van der Waals surface area contributed by atoms with Gasteiger partial charge in [0, 0.05) is 43.0 Å². The van der Waals surface area contributed by atoms with Crippen molar-refractivity contribution in [2.24, 2.45) is 5.41 Å². The third-order valence-corrected chi connectivity index (χ3v) is 7.25. The number of likely N-dealkylation sites (tertiary alicyclic amines) is 1. The molecule has 1 atom stereocenters. The third kappa shape index (κ3) is 6.51. The zero-order chi connectivity index (χ0) is 24.7. The van der Waals surface area contributed by atoms with E-state index in [1.165, 1.54) is 0 Å². The maximum Gasteiger partial charge on any atom is 0.255 e. The molecule has 1 aliphatic heterocycles. The van der Waals surface area contributed by atoms with Crippen molar-refractivity contribution in [3.8, 4) is 5.75 Å². The molecule has 5 nitrogen and oxygen atoms in total. The van der Waals surface area contributed by atoms with Crippen molar-refractivity contribution in [2.45, 2.75) is 25.8 Å². The summed E-state index contributed by atoms with van der Waals surface area (Å²) in [7, 11) is 1.84. The predicted molar refractivity (Wildman–Crippen MR) is 141 cm³/mol. The van der Waals surface area contributed by atoms with E-state index in [0.717, 1.165) is 28.6 Å². The molecule has 6 heteroatoms. The van der Waals surface area contributed by atoms with Crippen LogP contribution in [0.3, 0.4) is 0 Å². The molecule has 4 rings (SSSR count). The summed E-state index contributed by atoms with van der Waals surface area (Å²) in [6.07, 6.45) is 1.97. The van der Waals surface area contributed by atoms with Crippen molar-refractivity contribution < 1.29 is 14.3 Å². The Hall–Kier alpha value is -3.12. The molecule has 0 bridgehead atoms. The van der Waals surface area contributed by atoms with Crippen LogP contribution in [0.15, 0.2) is 89.4 Å². The lowest BCUT2D eigenvalue weighted by Crippen LogP contribution is -2.50. The van der Waals surface area contributed by atoms with Crippen LogP contribution in [0, 0.1) is 5.41 Å². The first kappa shape index (κ1) is 25.0. The number of nitrogens with zero attached hydrogens (tertiary/aromatic N) is 2. The third-order valence-electron chi connectivity index (χ3n) is 6.56. The normalized spacial score (nSPS) is 17.6. The molecule has 1 saturated heterocycles. The van der Waals surface area contributed by atoms with E-state index in [1.54, 1.807) is 4.90 Å². The van der Waals surface area contributed by atoms with Crippen molar-refractivity contribution in [3.63, 3.8) is 0 Å². The molecule has 3 aromatic rings.